The molecule has 1 aromatic carbocycles. The zero-order valence-corrected chi connectivity index (χ0v) is 23.1. The highest BCUT2D eigenvalue weighted by molar-refractivity contribution is 7.89. The number of hydrazine groups is 1. The largest absolute Gasteiger partial charge is 0.464 e. The van der Waals surface area contributed by atoms with Gasteiger partial charge >= 0.3 is 6.09 Å². The number of nitrogens with one attached hydrogen (secondary N) is 3. The van der Waals surface area contributed by atoms with Crippen LogP contribution < -0.4 is 27.3 Å². The Morgan fingerprint density at radius 1 is 1.21 bits per heavy atom. The average molecular weight is 571 g/mol. The maximum absolute atomic E-state index is 12.9. The Kier molecular flexibility index (Phi) is 9.88. The van der Waals surface area contributed by atoms with Gasteiger partial charge in [0.05, 0.1) is 9.92 Å². The molecule has 1 aromatic heterocycles. The van der Waals surface area contributed by atoms with Gasteiger partial charge in [-0.1, -0.05) is 51.3 Å². The molecule has 3 rings (SSSR count). The maximum atomic E-state index is 12.9. The Bertz CT molecular complexity index is 1310. The van der Waals surface area contributed by atoms with E-state index < -0.39 is 27.6 Å². The summed E-state index contributed by atoms with van der Waals surface area (Å²) in [6.45, 7) is 6.52. The van der Waals surface area contributed by atoms with Gasteiger partial charge in [-0.3, -0.25) is 10.2 Å². The summed E-state index contributed by atoms with van der Waals surface area (Å²) >= 11 is 6.13. The van der Waals surface area contributed by atoms with Crippen LogP contribution in [-0.2, 0) is 14.8 Å². The van der Waals surface area contributed by atoms with Gasteiger partial charge in [0, 0.05) is 23.5 Å². The number of amides is 2. The third-order valence-electron chi connectivity index (χ3n) is 5.98. The fraction of sp³-hybridized carbons (Fsp3) is 0.478. The average Bonchev–Trinajstić information content (AvgIpc) is 3.28. The predicted octanol–water partition coefficient (Wildman–Crippen LogP) is 2.55. The Labute approximate surface area is 226 Å². The highest BCUT2D eigenvalue weighted by atomic mass is 35.5. The number of aromatic nitrogens is 1. The molecule has 2 amide bonds. The number of hydrogen-bond donors (Lipinski definition) is 7. The van der Waals surface area contributed by atoms with Crippen molar-refractivity contribution in [1.29, 1.82) is 5.41 Å². The number of carbonyl (C=O) groups excluding carboxylic acids is 1. The molecule has 2 aromatic rings. The summed E-state index contributed by atoms with van der Waals surface area (Å²) in [7, 11) is -4.03. The first-order chi connectivity index (χ1) is 17.5. The molecule has 1 fully saturated rings. The molecule has 13 nitrogen and oxygen atoms in total. The molecular formula is C23H35ClN8O5S. The Hall–Kier alpha value is -3.20. The summed E-state index contributed by atoms with van der Waals surface area (Å²) in [5.41, 5.74) is 9.68. The molecule has 1 aliphatic rings. The Morgan fingerprint density at radius 3 is 2.32 bits per heavy atom. The van der Waals surface area contributed by atoms with E-state index in [1.807, 2.05) is 20.8 Å². The quantitative estimate of drug-likeness (QED) is 0.0850. The van der Waals surface area contributed by atoms with Crippen molar-refractivity contribution in [1.82, 2.24) is 14.7 Å². The summed E-state index contributed by atoms with van der Waals surface area (Å²) in [5.74, 6) is 4.32. The lowest BCUT2D eigenvalue weighted by molar-refractivity contribution is -0.123. The second kappa shape index (κ2) is 12.1. The van der Waals surface area contributed by atoms with Gasteiger partial charge in [-0.15, -0.1) is 0 Å². The lowest BCUT2D eigenvalue weighted by atomic mass is 9.92. The Balaban J connectivity index is 0.000000391. The van der Waals surface area contributed by atoms with E-state index >= 15 is 0 Å². The minimum atomic E-state index is -4.03. The molecular weight excluding hydrogens is 536 g/mol. The summed E-state index contributed by atoms with van der Waals surface area (Å²) in [6, 6.07) is 4.29. The van der Waals surface area contributed by atoms with Gasteiger partial charge in [-0.25, -0.2) is 29.0 Å². The first-order valence-electron chi connectivity index (χ1n) is 11.8. The number of sulfonamides is 1. The van der Waals surface area contributed by atoms with Crippen molar-refractivity contribution in [3.05, 3.63) is 29.4 Å². The molecule has 15 heteroatoms. The molecule has 0 spiro atoms. The molecule has 0 unspecified atom stereocenters. The van der Waals surface area contributed by atoms with Crippen molar-refractivity contribution in [3.8, 4) is 0 Å². The molecule has 0 radical (unpaired) electrons. The molecule has 210 valence electrons. The fourth-order valence-corrected chi connectivity index (χ4v) is 5.50. The zero-order valence-electron chi connectivity index (χ0n) is 21.5. The monoisotopic (exact) mass is 570 g/mol. The van der Waals surface area contributed by atoms with Gasteiger partial charge in [0.1, 0.15) is 11.4 Å². The molecule has 1 saturated carbocycles. The van der Waals surface area contributed by atoms with E-state index in [2.05, 4.69) is 15.0 Å². The predicted molar refractivity (Wildman–Crippen MR) is 146 cm³/mol. The summed E-state index contributed by atoms with van der Waals surface area (Å²) in [4.78, 5) is 26.1. The van der Waals surface area contributed by atoms with Gasteiger partial charge in [0.2, 0.25) is 15.9 Å². The molecule has 0 saturated heterocycles. The van der Waals surface area contributed by atoms with E-state index in [0.717, 1.165) is 24.3 Å². The molecule has 1 aliphatic carbocycles. The molecule has 0 atom stereocenters. The normalized spacial score (nSPS) is 14.9. The van der Waals surface area contributed by atoms with Crippen molar-refractivity contribution in [3.63, 3.8) is 0 Å². The second-order valence-corrected chi connectivity index (χ2v) is 12.3. The van der Waals surface area contributed by atoms with E-state index in [-0.39, 0.29) is 22.1 Å². The minimum Gasteiger partial charge on any atom is -0.464 e. The number of benzene rings is 1. The SMILES string of the molecule is CC(C)(C)CCN(N)C(=O)O.N=C(N)Nc1ncc(Cl)c2ccc(S(=O)(=O)NC3(C(N)=O)CCCC3)cc12. The van der Waals surface area contributed by atoms with Gasteiger partial charge < -0.3 is 21.9 Å². The number of nitrogens with zero attached hydrogens (tertiary/aromatic N) is 2. The van der Waals surface area contributed by atoms with E-state index in [1.165, 1.54) is 24.4 Å². The van der Waals surface area contributed by atoms with Gasteiger partial charge in [0.15, 0.2) is 5.96 Å². The number of rotatable bonds is 7. The number of carbonyl (C=O) groups is 2. The summed E-state index contributed by atoms with van der Waals surface area (Å²) in [5, 5.41) is 20.4. The topological polar surface area (TPSA) is 231 Å². The third-order valence-corrected chi connectivity index (χ3v) is 7.82. The lowest BCUT2D eigenvalue weighted by Crippen LogP contribution is -2.55. The van der Waals surface area contributed by atoms with Crippen molar-refractivity contribution in [2.45, 2.75) is 63.3 Å². The van der Waals surface area contributed by atoms with E-state index in [0.29, 0.717) is 35.2 Å². The van der Waals surface area contributed by atoms with E-state index in [4.69, 9.17) is 39.4 Å². The van der Waals surface area contributed by atoms with Gasteiger partial charge in [0.25, 0.3) is 0 Å². The number of primary amides is 1. The molecule has 0 bridgehead atoms. The van der Waals surface area contributed by atoms with E-state index in [9.17, 15) is 18.0 Å². The van der Waals surface area contributed by atoms with Crippen molar-refractivity contribution < 1.29 is 23.1 Å². The van der Waals surface area contributed by atoms with Gasteiger partial charge in [-0.05, 0) is 36.8 Å². The highest BCUT2D eigenvalue weighted by Crippen LogP contribution is 2.33. The van der Waals surface area contributed by atoms with Crippen LogP contribution in [-0.4, -0.2) is 53.6 Å². The van der Waals surface area contributed by atoms with Crippen LogP contribution in [0.25, 0.3) is 10.8 Å². The lowest BCUT2D eigenvalue weighted by Gasteiger charge is -2.26. The van der Waals surface area contributed by atoms with Crippen molar-refractivity contribution >= 4 is 56.2 Å². The number of guanidine groups is 1. The highest BCUT2D eigenvalue weighted by Gasteiger charge is 2.43. The van der Waals surface area contributed by atoms with Crippen molar-refractivity contribution in [2.75, 3.05) is 11.9 Å². The summed E-state index contributed by atoms with van der Waals surface area (Å²) < 4.78 is 28.3. The molecule has 10 N–H and O–H groups in total. The van der Waals surface area contributed by atoms with E-state index in [1.54, 1.807) is 0 Å². The van der Waals surface area contributed by atoms with Crippen LogP contribution in [0.3, 0.4) is 0 Å². The second-order valence-electron chi connectivity index (χ2n) is 10.2. The zero-order chi connectivity index (χ0) is 28.9. The Morgan fingerprint density at radius 2 is 1.82 bits per heavy atom. The molecule has 1 heterocycles. The number of hydrogen-bond acceptors (Lipinski definition) is 7. The van der Waals surface area contributed by atoms with Crippen LogP contribution >= 0.6 is 11.6 Å². The minimum absolute atomic E-state index is 0.0711. The number of pyridine rings is 1. The molecule has 38 heavy (non-hydrogen) atoms. The fourth-order valence-electron chi connectivity index (χ4n) is 3.83. The number of fused-ring (bicyclic) bond motifs is 1. The number of halogens is 1. The molecule has 0 aliphatic heterocycles. The smallest absolute Gasteiger partial charge is 0.421 e. The number of carboxylic acid groups (broad SMARTS) is 1. The van der Waals surface area contributed by atoms with Crippen molar-refractivity contribution in [2.24, 2.45) is 22.7 Å². The standard InChI is InChI=1S/C16H19ClN6O3S.C7H16N2O2/c17-12-8-21-13(22-15(19)20)11-7-9(3-4-10(11)12)27(25,26)23-16(14(18)24)5-1-2-6-16;1-7(2,3)4-5-9(8)6(10)11/h3-4,7-8,23H,1-2,5-6H2,(H2,18,24)(H4,19,20,21,22);4-5,8H2,1-3H3,(H,10,11). The number of nitrogens with two attached hydrogens (primary N) is 3. The van der Waals surface area contributed by atoms with Crippen LogP contribution in [0.15, 0.2) is 29.3 Å². The maximum Gasteiger partial charge on any atom is 0.421 e. The number of anilines is 1. The van der Waals surface area contributed by atoms with Gasteiger partial charge in [-0.2, -0.15) is 4.72 Å². The first kappa shape index (κ1) is 31.0. The first-order valence-corrected chi connectivity index (χ1v) is 13.6. The third kappa shape index (κ3) is 8.15. The van der Waals surface area contributed by atoms with Crippen LogP contribution in [0, 0.1) is 10.8 Å². The van der Waals surface area contributed by atoms with Crippen LogP contribution in [0.1, 0.15) is 52.9 Å². The summed E-state index contributed by atoms with van der Waals surface area (Å²) in [6.07, 6.45) is 3.23. The van der Waals surface area contributed by atoms with Crippen LogP contribution in [0.2, 0.25) is 5.02 Å². The van der Waals surface area contributed by atoms with Crippen LogP contribution in [0.5, 0.6) is 0 Å². The van der Waals surface area contributed by atoms with Crippen LogP contribution in [0.4, 0.5) is 10.6 Å².